The van der Waals surface area contributed by atoms with Crippen molar-refractivity contribution in [3.05, 3.63) is 68.9 Å². The fraction of sp³-hybridized carbons (Fsp3) is 0.200. The summed E-state index contributed by atoms with van der Waals surface area (Å²) in [4.78, 5) is 0. The molecule has 0 aliphatic heterocycles. The van der Waals surface area contributed by atoms with Crippen LogP contribution in [0.4, 0.5) is 4.39 Å². The molecule has 0 heterocycles. The van der Waals surface area contributed by atoms with Gasteiger partial charge in [-0.3, -0.25) is 0 Å². The molecule has 0 aliphatic carbocycles. The first-order valence-corrected chi connectivity index (χ1v) is 7.56. The highest BCUT2D eigenvalue weighted by molar-refractivity contribution is 9.10. The Bertz CT molecular complexity index is 572. The van der Waals surface area contributed by atoms with Crippen LogP contribution in [0.15, 0.2) is 46.9 Å². The molecule has 0 aromatic heterocycles. The summed E-state index contributed by atoms with van der Waals surface area (Å²) in [6, 6.07) is 12.3. The van der Waals surface area contributed by atoms with Crippen LogP contribution in [0.5, 0.6) is 0 Å². The summed E-state index contributed by atoms with van der Waals surface area (Å²) < 4.78 is 14.2. The highest BCUT2D eigenvalue weighted by atomic mass is 79.9. The Hall–Kier alpha value is -0.570. The fourth-order valence-electron chi connectivity index (χ4n) is 2.02. The minimum absolute atomic E-state index is 0.0634. The van der Waals surface area contributed by atoms with Gasteiger partial charge in [-0.1, -0.05) is 45.7 Å². The Kier molecular flexibility index (Phi) is 5.26. The summed E-state index contributed by atoms with van der Waals surface area (Å²) in [5.41, 5.74) is 1.89. The number of hydrogen-bond acceptors (Lipinski definition) is 0. The average Bonchev–Trinajstić information content (AvgIpc) is 2.41. The highest BCUT2D eigenvalue weighted by Crippen LogP contribution is 2.31. The normalized spacial score (nSPS) is 12.4. The quantitative estimate of drug-likeness (QED) is 0.603. The van der Waals surface area contributed by atoms with Gasteiger partial charge in [-0.25, -0.2) is 4.39 Å². The lowest BCUT2D eigenvalue weighted by Gasteiger charge is -2.17. The van der Waals surface area contributed by atoms with Crippen LogP contribution in [0.25, 0.3) is 0 Å². The van der Waals surface area contributed by atoms with Crippen molar-refractivity contribution >= 4 is 39.1 Å². The Labute approximate surface area is 130 Å². The second-order valence-corrected chi connectivity index (χ2v) is 5.88. The van der Waals surface area contributed by atoms with Crippen molar-refractivity contribution in [2.75, 3.05) is 5.88 Å². The van der Waals surface area contributed by atoms with Crippen molar-refractivity contribution in [3.8, 4) is 0 Å². The summed E-state index contributed by atoms with van der Waals surface area (Å²) in [5.74, 6) is 0.256. The number of halogens is 4. The molecule has 0 N–H and O–H groups in total. The van der Waals surface area contributed by atoms with Gasteiger partial charge in [0.2, 0.25) is 0 Å². The third kappa shape index (κ3) is 3.71. The molecule has 1 atom stereocenters. The van der Waals surface area contributed by atoms with E-state index in [4.69, 9.17) is 23.2 Å². The van der Waals surface area contributed by atoms with Crippen LogP contribution in [0, 0.1) is 5.82 Å². The molecule has 1 unspecified atom stereocenters. The zero-order valence-electron chi connectivity index (χ0n) is 10.0. The first kappa shape index (κ1) is 14.8. The van der Waals surface area contributed by atoms with Crippen LogP contribution < -0.4 is 0 Å². The van der Waals surface area contributed by atoms with Gasteiger partial charge in [0.1, 0.15) is 5.82 Å². The van der Waals surface area contributed by atoms with Crippen LogP contribution in [0.1, 0.15) is 17.0 Å². The smallest absolute Gasteiger partial charge is 0.123 e. The van der Waals surface area contributed by atoms with Crippen molar-refractivity contribution in [2.45, 2.75) is 12.3 Å². The summed E-state index contributed by atoms with van der Waals surface area (Å²) in [6.07, 6.45) is 0.644. The molecule has 0 amide bonds. The van der Waals surface area contributed by atoms with E-state index >= 15 is 0 Å². The molecule has 19 heavy (non-hydrogen) atoms. The molecular formula is C15H12BrCl2F. The van der Waals surface area contributed by atoms with Crippen molar-refractivity contribution in [2.24, 2.45) is 0 Å². The Morgan fingerprint density at radius 1 is 1.16 bits per heavy atom. The average molecular weight is 362 g/mol. The summed E-state index contributed by atoms with van der Waals surface area (Å²) in [5, 5.41) is 0.695. The summed E-state index contributed by atoms with van der Waals surface area (Å²) in [7, 11) is 0. The molecule has 4 heteroatoms. The Balaban J connectivity index is 2.29. The van der Waals surface area contributed by atoms with E-state index in [0.29, 0.717) is 17.3 Å². The molecule has 0 spiro atoms. The number of benzene rings is 2. The van der Waals surface area contributed by atoms with E-state index in [1.807, 2.05) is 24.3 Å². The fourth-order valence-corrected chi connectivity index (χ4v) is 2.99. The number of rotatable bonds is 4. The minimum Gasteiger partial charge on any atom is -0.207 e. The van der Waals surface area contributed by atoms with Gasteiger partial charge in [0.25, 0.3) is 0 Å². The van der Waals surface area contributed by atoms with Crippen molar-refractivity contribution in [1.82, 2.24) is 0 Å². The zero-order chi connectivity index (χ0) is 13.8. The molecule has 0 radical (unpaired) electrons. The predicted molar refractivity (Wildman–Crippen MR) is 82.7 cm³/mol. The molecular weight excluding hydrogens is 350 g/mol. The first-order valence-electron chi connectivity index (χ1n) is 5.86. The Morgan fingerprint density at radius 3 is 2.58 bits per heavy atom. The van der Waals surface area contributed by atoms with E-state index in [1.165, 1.54) is 12.1 Å². The maximum Gasteiger partial charge on any atom is 0.123 e. The van der Waals surface area contributed by atoms with Crippen LogP contribution in [0.3, 0.4) is 0 Å². The molecule has 0 fully saturated rings. The van der Waals surface area contributed by atoms with Crippen molar-refractivity contribution in [3.63, 3.8) is 0 Å². The molecule has 100 valence electrons. The maximum absolute atomic E-state index is 13.3. The summed E-state index contributed by atoms with van der Waals surface area (Å²) >= 11 is 15.7. The number of alkyl halides is 1. The molecule has 0 saturated carbocycles. The zero-order valence-corrected chi connectivity index (χ0v) is 13.1. The van der Waals surface area contributed by atoms with Crippen LogP contribution in [-0.4, -0.2) is 5.88 Å². The van der Waals surface area contributed by atoms with Crippen LogP contribution >= 0.6 is 39.1 Å². The SMILES string of the molecule is Fc1ccc(Br)c(CC(CCl)c2ccccc2Cl)c1. The Morgan fingerprint density at radius 2 is 1.89 bits per heavy atom. The third-order valence-corrected chi connectivity index (χ3v) is 4.50. The van der Waals surface area contributed by atoms with E-state index in [0.717, 1.165) is 15.6 Å². The van der Waals surface area contributed by atoms with E-state index in [2.05, 4.69) is 15.9 Å². The second kappa shape index (κ2) is 6.74. The van der Waals surface area contributed by atoms with Crippen molar-refractivity contribution < 1.29 is 4.39 Å². The minimum atomic E-state index is -0.245. The van der Waals surface area contributed by atoms with Crippen molar-refractivity contribution in [1.29, 1.82) is 0 Å². The van der Waals surface area contributed by atoms with Gasteiger partial charge < -0.3 is 0 Å². The monoisotopic (exact) mass is 360 g/mol. The standard InChI is InChI=1S/C15H12BrCl2F/c16-14-6-5-12(19)8-10(14)7-11(9-17)13-3-1-2-4-15(13)18/h1-6,8,11H,7,9H2. The van der Waals surface area contributed by atoms with E-state index in [-0.39, 0.29) is 11.7 Å². The van der Waals surface area contributed by atoms with Gasteiger partial charge in [-0.2, -0.15) is 0 Å². The third-order valence-electron chi connectivity index (χ3n) is 3.01. The van der Waals surface area contributed by atoms with Crippen LogP contribution in [-0.2, 0) is 6.42 Å². The molecule has 0 aliphatic rings. The van der Waals surface area contributed by atoms with Gasteiger partial charge in [0, 0.05) is 21.3 Å². The first-order chi connectivity index (χ1) is 9.11. The summed E-state index contributed by atoms with van der Waals surface area (Å²) in [6.45, 7) is 0. The molecule has 0 bridgehead atoms. The van der Waals surface area contributed by atoms with Gasteiger partial charge in [-0.05, 0) is 41.8 Å². The lowest BCUT2D eigenvalue weighted by Crippen LogP contribution is -2.06. The lowest BCUT2D eigenvalue weighted by molar-refractivity contribution is 0.622. The van der Waals surface area contributed by atoms with E-state index in [1.54, 1.807) is 6.07 Å². The van der Waals surface area contributed by atoms with Gasteiger partial charge in [0.05, 0.1) is 0 Å². The van der Waals surface area contributed by atoms with Gasteiger partial charge in [-0.15, -0.1) is 11.6 Å². The number of hydrogen-bond donors (Lipinski definition) is 0. The topological polar surface area (TPSA) is 0 Å². The largest absolute Gasteiger partial charge is 0.207 e. The maximum atomic E-state index is 13.3. The molecule has 2 aromatic carbocycles. The molecule has 2 rings (SSSR count). The van der Waals surface area contributed by atoms with Crippen LogP contribution in [0.2, 0.25) is 5.02 Å². The second-order valence-electron chi connectivity index (χ2n) is 4.31. The lowest BCUT2D eigenvalue weighted by atomic mass is 9.93. The predicted octanol–water partition coefficient (Wildman–Crippen LogP) is 5.81. The van der Waals surface area contributed by atoms with Gasteiger partial charge in [0.15, 0.2) is 0 Å². The molecule has 2 aromatic rings. The van der Waals surface area contributed by atoms with E-state index < -0.39 is 0 Å². The molecule has 0 saturated heterocycles. The van der Waals surface area contributed by atoms with Gasteiger partial charge >= 0.3 is 0 Å². The van der Waals surface area contributed by atoms with E-state index in [9.17, 15) is 4.39 Å². The molecule has 0 nitrogen and oxygen atoms in total. The highest BCUT2D eigenvalue weighted by Gasteiger charge is 2.16.